The zero-order valence-electron chi connectivity index (χ0n) is 4.71. The third kappa shape index (κ3) is 185. The molecule has 10 heteroatoms. The van der Waals surface area contributed by atoms with Crippen LogP contribution in [0.25, 0.3) is 0 Å². The highest BCUT2D eigenvalue weighted by atomic mass is 24.3. The minimum Gasteiger partial charge on any atom is -0.448 e. The van der Waals surface area contributed by atoms with E-state index in [4.69, 9.17) is 15.2 Å². The molecule has 0 aliphatic heterocycles. The Hall–Kier alpha value is -0.204. The lowest BCUT2D eigenvalue weighted by molar-refractivity contribution is -0.194. The summed E-state index contributed by atoms with van der Waals surface area (Å²) in [7, 11) is 0. The van der Waals surface area contributed by atoms with Crippen molar-refractivity contribution in [3.05, 3.63) is 0 Å². The van der Waals surface area contributed by atoms with Crippen LogP contribution < -0.4 is 0 Å². The van der Waals surface area contributed by atoms with Crippen LogP contribution in [-0.2, 0) is 4.89 Å². The van der Waals surface area contributed by atoms with Crippen molar-refractivity contribution < 1.29 is 47.4 Å². The first-order chi connectivity index (χ1) is 2.27. The number of hydrogen-bond donors (Lipinski definition) is 2. The molecule has 0 aromatic heterocycles. The number of carbonyl (C=O) groups is 1. The van der Waals surface area contributed by atoms with Gasteiger partial charge in [0, 0.05) is 0 Å². The van der Waals surface area contributed by atoms with Gasteiger partial charge < -0.3 is 32.5 Å². The normalized spacial score (nSPS) is 3.00. The Morgan fingerprint density at radius 1 is 1.00 bits per heavy atom. The SMILES string of the molecule is O.O.O.O.O.O=C(O)OO.[MgH2]. The minimum atomic E-state index is -1.69. The molecule has 0 fully saturated rings. The molecule has 0 unspecified atom stereocenters. The molecule has 11 heavy (non-hydrogen) atoms. The lowest BCUT2D eigenvalue weighted by Crippen LogP contribution is -1.91. The topological polar surface area (TPSA) is 224 Å². The van der Waals surface area contributed by atoms with Gasteiger partial charge >= 0.3 is 29.2 Å². The molecule has 0 amide bonds. The Bertz CT molecular complexity index is 44.8. The van der Waals surface area contributed by atoms with E-state index >= 15 is 0 Å². The van der Waals surface area contributed by atoms with Crippen LogP contribution in [0, 0.1) is 0 Å². The molecule has 0 saturated carbocycles. The zero-order chi connectivity index (χ0) is 4.28. The summed E-state index contributed by atoms with van der Waals surface area (Å²) >= 11 is 0. The van der Waals surface area contributed by atoms with Crippen molar-refractivity contribution in [2.45, 2.75) is 0 Å². The maximum atomic E-state index is 8.90. The molecule has 0 saturated heterocycles. The molecule has 0 rings (SSSR count). The second kappa shape index (κ2) is 52.6. The lowest BCUT2D eigenvalue weighted by Gasteiger charge is -1.75. The van der Waals surface area contributed by atoms with Crippen LogP contribution in [-0.4, -0.2) is 67.0 Å². The van der Waals surface area contributed by atoms with Gasteiger partial charge in [0.1, 0.15) is 0 Å². The van der Waals surface area contributed by atoms with Gasteiger partial charge in [-0.25, -0.2) is 4.79 Å². The molecule has 0 heterocycles. The Balaban J connectivity index is -0.00000000533. The van der Waals surface area contributed by atoms with Gasteiger partial charge in [-0.2, -0.15) is 5.26 Å². The van der Waals surface area contributed by atoms with Crippen LogP contribution in [0.1, 0.15) is 0 Å². The van der Waals surface area contributed by atoms with E-state index in [2.05, 4.69) is 4.89 Å². The van der Waals surface area contributed by atoms with Crippen LogP contribution in [0.2, 0.25) is 0 Å². The smallest absolute Gasteiger partial charge is 0.448 e. The molecule has 0 radical (unpaired) electrons. The minimum absolute atomic E-state index is 0. The van der Waals surface area contributed by atoms with Crippen molar-refractivity contribution in [1.29, 1.82) is 0 Å². The first-order valence-corrected chi connectivity index (χ1v) is 0.814. The predicted octanol–water partition coefficient (Wildman–Crippen LogP) is -4.89. The van der Waals surface area contributed by atoms with Gasteiger partial charge in [-0.1, -0.05) is 0 Å². The molecular weight excluding hydrogens is 180 g/mol. The molecule has 0 aliphatic carbocycles. The van der Waals surface area contributed by atoms with Crippen LogP contribution >= 0.6 is 0 Å². The summed E-state index contributed by atoms with van der Waals surface area (Å²) in [6, 6.07) is 0. The van der Waals surface area contributed by atoms with Crippen molar-refractivity contribution in [2.75, 3.05) is 0 Å². The maximum absolute atomic E-state index is 8.90. The molecule has 0 aromatic carbocycles. The molecule has 12 N–H and O–H groups in total. The van der Waals surface area contributed by atoms with Crippen molar-refractivity contribution in [2.24, 2.45) is 0 Å². The van der Waals surface area contributed by atoms with Crippen LogP contribution in [0.4, 0.5) is 4.79 Å². The van der Waals surface area contributed by atoms with Gasteiger partial charge in [0.15, 0.2) is 0 Å². The summed E-state index contributed by atoms with van der Waals surface area (Å²) in [4.78, 5) is 11.6. The van der Waals surface area contributed by atoms with Crippen molar-refractivity contribution in [3.8, 4) is 0 Å². The Kier molecular flexibility index (Phi) is 344. The monoisotopic (exact) mass is 194 g/mol. The van der Waals surface area contributed by atoms with E-state index in [1.54, 1.807) is 0 Å². The summed E-state index contributed by atoms with van der Waals surface area (Å²) in [5.74, 6) is 0. The first-order valence-electron chi connectivity index (χ1n) is 0.814. The third-order valence-corrected chi connectivity index (χ3v) is 0.0781. The fourth-order valence-corrected chi connectivity index (χ4v) is 0. The van der Waals surface area contributed by atoms with Gasteiger partial charge in [-0.3, -0.25) is 4.89 Å². The van der Waals surface area contributed by atoms with E-state index in [0.29, 0.717) is 0 Å². The molecule has 0 spiro atoms. The fourth-order valence-electron chi connectivity index (χ4n) is 0. The van der Waals surface area contributed by atoms with Gasteiger partial charge in [-0.15, -0.1) is 0 Å². The van der Waals surface area contributed by atoms with E-state index in [1.807, 2.05) is 0 Å². The predicted molar refractivity (Wildman–Crippen MR) is 38.4 cm³/mol. The summed E-state index contributed by atoms with van der Waals surface area (Å²) in [6.45, 7) is 0. The van der Waals surface area contributed by atoms with Crippen molar-refractivity contribution in [1.82, 2.24) is 0 Å². The number of hydrogen-bond acceptors (Lipinski definition) is 3. The molecule has 0 aliphatic rings. The standard InChI is InChI=1S/CH2O4.Mg.5H2O.2H/c2-1(3)5-4;;;;;;;;/h4H,(H,2,3);;5*1H2;;. The highest BCUT2D eigenvalue weighted by Crippen LogP contribution is 1.59. The van der Waals surface area contributed by atoms with Gasteiger partial charge in [-0.05, 0) is 0 Å². The quantitative estimate of drug-likeness (QED) is 0.219. The van der Waals surface area contributed by atoms with Crippen LogP contribution in [0.5, 0.6) is 0 Å². The third-order valence-electron chi connectivity index (χ3n) is 0.0781. The van der Waals surface area contributed by atoms with E-state index in [0.717, 1.165) is 0 Å². The highest BCUT2D eigenvalue weighted by molar-refractivity contribution is 5.75. The lowest BCUT2D eigenvalue weighted by atomic mass is 11.5. The Morgan fingerprint density at radius 3 is 1.09 bits per heavy atom. The van der Waals surface area contributed by atoms with E-state index in [-0.39, 0.29) is 50.4 Å². The second-order valence-corrected chi connectivity index (χ2v) is 0.357. The Morgan fingerprint density at radius 2 is 1.09 bits per heavy atom. The second-order valence-electron chi connectivity index (χ2n) is 0.357. The van der Waals surface area contributed by atoms with Crippen molar-refractivity contribution >= 4 is 29.2 Å². The fraction of sp³-hybridized carbons (Fsp3) is 0. The van der Waals surface area contributed by atoms with Gasteiger partial charge in [0.05, 0.1) is 0 Å². The average molecular weight is 194 g/mol. The van der Waals surface area contributed by atoms with E-state index in [9.17, 15) is 0 Å². The summed E-state index contributed by atoms with van der Waals surface area (Å²) in [5, 5.41) is 14.3. The van der Waals surface area contributed by atoms with E-state index < -0.39 is 6.16 Å². The van der Waals surface area contributed by atoms with Crippen LogP contribution in [0.3, 0.4) is 0 Å². The average Bonchev–Trinajstić information content (AvgIpc) is 1.38. The molecule has 0 atom stereocenters. The van der Waals surface area contributed by atoms with E-state index in [1.165, 1.54) is 0 Å². The van der Waals surface area contributed by atoms with Crippen molar-refractivity contribution in [3.63, 3.8) is 0 Å². The molecule has 74 valence electrons. The Labute approximate surface area is 77.2 Å². The summed E-state index contributed by atoms with van der Waals surface area (Å²) in [6.07, 6.45) is -1.69. The zero-order valence-corrected chi connectivity index (χ0v) is 4.71. The van der Waals surface area contributed by atoms with Crippen LogP contribution in [0.15, 0.2) is 0 Å². The molecule has 0 bridgehead atoms. The first kappa shape index (κ1) is 71.9. The molecular formula is CH14MgO9. The van der Waals surface area contributed by atoms with Gasteiger partial charge in [0.25, 0.3) is 0 Å². The number of carboxylic acid groups (broad SMARTS) is 1. The maximum Gasteiger partial charge on any atom is 0.537 e. The molecule has 9 nitrogen and oxygen atoms in total. The molecule has 0 aromatic rings. The summed E-state index contributed by atoms with van der Waals surface area (Å²) < 4.78 is 0. The summed E-state index contributed by atoms with van der Waals surface area (Å²) in [5.41, 5.74) is 0. The van der Waals surface area contributed by atoms with Gasteiger partial charge in [0.2, 0.25) is 0 Å². The largest absolute Gasteiger partial charge is 0.537 e. The number of rotatable bonds is 0. The highest BCUT2D eigenvalue weighted by Gasteiger charge is 1.84.